The van der Waals surface area contributed by atoms with Crippen molar-refractivity contribution < 1.29 is 13.9 Å². The lowest BCUT2D eigenvalue weighted by Crippen LogP contribution is -1.97. The molecule has 0 radical (unpaired) electrons. The molecule has 0 aliphatic heterocycles. The first-order valence-electron chi connectivity index (χ1n) is 6.63. The quantitative estimate of drug-likeness (QED) is 0.795. The van der Waals surface area contributed by atoms with E-state index in [0.717, 1.165) is 17.0 Å². The number of aromatic nitrogens is 1. The van der Waals surface area contributed by atoms with Crippen LogP contribution in [0.2, 0.25) is 0 Å². The maximum absolute atomic E-state index is 13.5. The fourth-order valence-electron chi connectivity index (χ4n) is 2.54. The monoisotopic (exact) mass is 285 g/mol. The highest BCUT2D eigenvalue weighted by atomic mass is 19.1. The summed E-state index contributed by atoms with van der Waals surface area (Å²) in [5, 5.41) is 10.1. The second-order valence-corrected chi connectivity index (χ2v) is 4.81. The number of hydrogen-bond donors (Lipinski definition) is 1. The number of halogens is 2. The van der Waals surface area contributed by atoms with Gasteiger partial charge in [0.15, 0.2) is 0 Å². The van der Waals surface area contributed by atoms with Crippen molar-refractivity contribution in [2.75, 3.05) is 6.61 Å². The van der Waals surface area contributed by atoms with Gasteiger partial charge in [0.1, 0.15) is 11.6 Å². The molecule has 0 spiro atoms. The van der Waals surface area contributed by atoms with Crippen LogP contribution < -0.4 is 0 Å². The molecule has 0 saturated heterocycles. The van der Waals surface area contributed by atoms with Gasteiger partial charge in [0, 0.05) is 29.8 Å². The fourth-order valence-corrected chi connectivity index (χ4v) is 2.54. The third kappa shape index (κ3) is 2.62. The average Bonchev–Trinajstić information content (AvgIpc) is 2.46. The molecule has 1 heterocycles. The van der Waals surface area contributed by atoms with Crippen molar-refractivity contribution in [3.63, 3.8) is 0 Å². The zero-order valence-electron chi connectivity index (χ0n) is 11.2. The van der Waals surface area contributed by atoms with Gasteiger partial charge < -0.3 is 5.11 Å². The zero-order chi connectivity index (χ0) is 14.8. The number of aliphatic hydroxyl groups excluding tert-OH is 1. The number of benzene rings is 2. The Bertz CT molecular complexity index is 782. The Morgan fingerprint density at radius 3 is 2.48 bits per heavy atom. The summed E-state index contributed by atoms with van der Waals surface area (Å²) in [5.74, 6) is -1.26. The lowest BCUT2D eigenvalue weighted by molar-refractivity contribution is 0.300. The Morgan fingerprint density at radius 1 is 1.00 bits per heavy atom. The number of rotatable bonds is 3. The predicted molar refractivity (Wildman–Crippen MR) is 77.9 cm³/mol. The Morgan fingerprint density at radius 2 is 1.76 bits per heavy atom. The molecule has 0 unspecified atom stereocenters. The lowest BCUT2D eigenvalue weighted by atomic mass is 9.94. The zero-order valence-corrected chi connectivity index (χ0v) is 11.2. The van der Waals surface area contributed by atoms with Crippen LogP contribution in [0.15, 0.2) is 48.7 Å². The molecule has 3 aromatic rings. The molecule has 1 aromatic heterocycles. The van der Waals surface area contributed by atoms with Crippen LogP contribution in [-0.2, 0) is 6.42 Å². The average molecular weight is 285 g/mol. The van der Waals surface area contributed by atoms with E-state index < -0.39 is 11.6 Å². The molecule has 2 aromatic carbocycles. The third-order valence-corrected chi connectivity index (χ3v) is 3.39. The van der Waals surface area contributed by atoms with Gasteiger partial charge in [0.2, 0.25) is 0 Å². The number of nitrogens with zero attached hydrogens (tertiary/aromatic N) is 1. The van der Waals surface area contributed by atoms with Crippen LogP contribution in [0.3, 0.4) is 0 Å². The van der Waals surface area contributed by atoms with E-state index in [1.807, 2.05) is 24.3 Å². The molecule has 0 aliphatic carbocycles. The van der Waals surface area contributed by atoms with Crippen LogP contribution in [0.25, 0.3) is 22.0 Å². The van der Waals surface area contributed by atoms with Crippen LogP contribution in [0.5, 0.6) is 0 Å². The molecular formula is C17H13F2NO. The highest BCUT2D eigenvalue weighted by Crippen LogP contribution is 2.32. The van der Waals surface area contributed by atoms with E-state index in [4.69, 9.17) is 0 Å². The molecule has 0 saturated carbocycles. The maximum Gasteiger partial charge on any atom is 0.126 e. The van der Waals surface area contributed by atoms with Crippen molar-refractivity contribution >= 4 is 10.9 Å². The highest BCUT2D eigenvalue weighted by molar-refractivity contribution is 5.95. The van der Waals surface area contributed by atoms with Crippen molar-refractivity contribution in [3.05, 3.63) is 65.9 Å². The molecule has 2 nitrogen and oxygen atoms in total. The first-order chi connectivity index (χ1) is 10.2. The first kappa shape index (κ1) is 13.6. The summed E-state index contributed by atoms with van der Waals surface area (Å²) in [4.78, 5) is 4.33. The van der Waals surface area contributed by atoms with E-state index in [1.165, 1.54) is 12.1 Å². The van der Waals surface area contributed by atoms with Gasteiger partial charge >= 0.3 is 0 Å². The minimum atomic E-state index is -0.632. The molecule has 0 aliphatic rings. The number of fused-ring (bicyclic) bond motifs is 1. The highest BCUT2D eigenvalue weighted by Gasteiger charge is 2.13. The Hall–Kier alpha value is -2.33. The lowest BCUT2D eigenvalue weighted by Gasteiger charge is -2.12. The fraction of sp³-hybridized carbons (Fsp3) is 0.118. The van der Waals surface area contributed by atoms with E-state index in [1.54, 1.807) is 6.20 Å². The second kappa shape index (κ2) is 5.58. The summed E-state index contributed by atoms with van der Waals surface area (Å²) in [6.07, 6.45) is 2.05. The summed E-state index contributed by atoms with van der Waals surface area (Å²) >= 11 is 0. The minimum absolute atomic E-state index is 0.0386. The minimum Gasteiger partial charge on any atom is -0.396 e. The van der Waals surface area contributed by atoms with E-state index in [0.29, 0.717) is 23.1 Å². The summed E-state index contributed by atoms with van der Waals surface area (Å²) in [6, 6.07) is 10.9. The third-order valence-electron chi connectivity index (χ3n) is 3.39. The first-order valence-corrected chi connectivity index (χ1v) is 6.63. The van der Waals surface area contributed by atoms with Gasteiger partial charge in [0.25, 0.3) is 0 Å². The molecule has 21 heavy (non-hydrogen) atoms. The summed E-state index contributed by atoms with van der Waals surface area (Å²) in [5.41, 5.74) is 2.59. The summed E-state index contributed by atoms with van der Waals surface area (Å²) in [6.45, 7) is -0.0386. The van der Waals surface area contributed by atoms with Gasteiger partial charge in [-0.1, -0.05) is 18.2 Å². The van der Waals surface area contributed by atoms with Crippen LogP contribution in [0.1, 0.15) is 5.56 Å². The smallest absolute Gasteiger partial charge is 0.126 e. The van der Waals surface area contributed by atoms with Gasteiger partial charge in [-0.3, -0.25) is 4.98 Å². The van der Waals surface area contributed by atoms with Crippen LogP contribution >= 0.6 is 0 Å². The van der Waals surface area contributed by atoms with Crippen LogP contribution in [0.4, 0.5) is 8.78 Å². The van der Waals surface area contributed by atoms with Crippen LogP contribution in [-0.4, -0.2) is 16.7 Å². The molecule has 0 amide bonds. The molecule has 3 rings (SSSR count). The van der Waals surface area contributed by atoms with E-state index in [2.05, 4.69) is 4.98 Å². The summed E-state index contributed by atoms with van der Waals surface area (Å²) in [7, 11) is 0. The largest absolute Gasteiger partial charge is 0.396 e. The van der Waals surface area contributed by atoms with Crippen molar-refractivity contribution in [3.8, 4) is 11.1 Å². The SMILES string of the molecule is OCCc1ccc2cccnc2c1-c1cc(F)cc(F)c1. The molecule has 0 atom stereocenters. The van der Waals surface area contributed by atoms with Gasteiger partial charge in [-0.25, -0.2) is 8.78 Å². The molecule has 4 heteroatoms. The normalized spacial score (nSPS) is 11.0. The maximum atomic E-state index is 13.5. The van der Waals surface area contributed by atoms with E-state index in [-0.39, 0.29) is 6.61 Å². The summed E-state index contributed by atoms with van der Waals surface area (Å²) < 4.78 is 27.0. The molecule has 106 valence electrons. The van der Waals surface area contributed by atoms with Gasteiger partial charge in [-0.2, -0.15) is 0 Å². The second-order valence-electron chi connectivity index (χ2n) is 4.81. The number of pyridine rings is 1. The van der Waals surface area contributed by atoms with Crippen molar-refractivity contribution in [1.82, 2.24) is 4.98 Å². The molecule has 1 N–H and O–H groups in total. The Labute approximate surface area is 120 Å². The van der Waals surface area contributed by atoms with Crippen molar-refractivity contribution in [2.24, 2.45) is 0 Å². The number of aliphatic hydroxyl groups is 1. The number of hydrogen-bond acceptors (Lipinski definition) is 2. The molecular weight excluding hydrogens is 272 g/mol. The van der Waals surface area contributed by atoms with Crippen molar-refractivity contribution in [2.45, 2.75) is 6.42 Å². The Balaban J connectivity index is 2.34. The topological polar surface area (TPSA) is 33.1 Å². The molecule has 0 fully saturated rings. The van der Waals surface area contributed by atoms with E-state index in [9.17, 15) is 13.9 Å². The predicted octanol–water partition coefficient (Wildman–Crippen LogP) is 3.71. The van der Waals surface area contributed by atoms with Crippen LogP contribution in [0, 0.1) is 11.6 Å². The Kier molecular flexibility index (Phi) is 3.62. The van der Waals surface area contributed by atoms with E-state index >= 15 is 0 Å². The van der Waals surface area contributed by atoms with Gasteiger partial charge in [0.05, 0.1) is 5.52 Å². The standard InChI is InChI=1S/C17H13F2NO/c18-14-8-13(9-15(19)10-14)16-11(5-7-21)3-4-12-2-1-6-20-17(12)16/h1-4,6,8-10,21H,5,7H2. The van der Waals surface area contributed by atoms with Gasteiger partial charge in [-0.15, -0.1) is 0 Å². The van der Waals surface area contributed by atoms with Crippen molar-refractivity contribution in [1.29, 1.82) is 0 Å². The van der Waals surface area contributed by atoms with Gasteiger partial charge in [-0.05, 0) is 35.7 Å². The molecule has 0 bridgehead atoms.